The Hall–Kier alpha value is -3.71. The largest absolute Gasteiger partial charge is 0.483 e. The van der Waals surface area contributed by atoms with Gasteiger partial charge in [-0.05, 0) is 37.4 Å². The van der Waals surface area contributed by atoms with E-state index in [1.807, 2.05) is 11.0 Å². The van der Waals surface area contributed by atoms with Crippen LogP contribution in [0.3, 0.4) is 0 Å². The molecular formula is C32H28ClF5N6O3S. The van der Waals surface area contributed by atoms with Crippen LogP contribution in [0.25, 0.3) is 32.1 Å². The van der Waals surface area contributed by atoms with E-state index in [2.05, 4.69) is 9.97 Å². The molecule has 16 heteroatoms. The minimum atomic E-state index is -2.80. The number of hydrogen-bond acceptors (Lipinski definition) is 10. The summed E-state index contributed by atoms with van der Waals surface area (Å²) < 4.78 is 93.3. The van der Waals surface area contributed by atoms with Crippen LogP contribution in [0.5, 0.6) is 11.8 Å². The molecule has 2 unspecified atom stereocenters. The highest BCUT2D eigenvalue weighted by Gasteiger charge is 2.50. The second-order valence-electron chi connectivity index (χ2n) is 12.6. The number of nitriles is 1. The lowest BCUT2D eigenvalue weighted by atomic mass is 9.95. The highest BCUT2D eigenvalue weighted by Crippen LogP contribution is 2.52. The molecule has 8 rings (SSSR count). The number of nitrogen functional groups attached to an aromatic ring is 1. The average Bonchev–Trinajstić information content (AvgIpc) is 3.68. The van der Waals surface area contributed by atoms with Gasteiger partial charge >= 0.3 is 6.01 Å². The van der Waals surface area contributed by atoms with E-state index < -0.39 is 48.5 Å². The molecule has 0 bridgehead atoms. The van der Waals surface area contributed by atoms with Gasteiger partial charge in [0.2, 0.25) is 0 Å². The van der Waals surface area contributed by atoms with Crippen molar-refractivity contribution in [1.82, 2.24) is 14.9 Å². The summed E-state index contributed by atoms with van der Waals surface area (Å²) in [6.07, 6.45) is -2.53. The van der Waals surface area contributed by atoms with E-state index in [0.717, 1.165) is 23.8 Å². The number of hydrogen-bond donors (Lipinski definition) is 1. The van der Waals surface area contributed by atoms with Crippen LogP contribution in [0, 0.1) is 23.0 Å². The zero-order chi connectivity index (χ0) is 33.5. The number of fused-ring (bicyclic) bond motifs is 3. The van der Waals surface area contributed by atoms with Crippen molar-refractivity contribution in [3.05, 3.63) is 34.4 Å². The normalized spacial score (nSPS) is 25.3. The quantitative estimate of drug-likeness (QED) is 0.226. The monoisotopic (exact) mass is 706 g/mol. The van der Waals surface area contributed by atoms with E-state index in [1.165, 1.54) is 11.0 Å². The Bertz CT molecular complexity index is 2010. The van der Waals surface area contributed by atoms with E-state index in [1.54, 1.807) is 0 Å². The fourth-order valence-corrected chi connectivity index (χ4v) is 9.13. The molecule has 0 spiro atoms. The van der Waals surface area contributed by atoms with Gasteiger partial charge in [0.15, 0.2) is 11.6 Å². The number of benzene rings is 2. The van der Waals surface area contributed by atoms with Crippen LogP contribution >= 0.6 is 22.9 Å². The SMILES string of the molecule is N#Cc1c(N)sc2c(F)ccc(-c3c(Cl)c4c5c(nc(OC[C@@]67CCCN6C[C@H](F)C7)nc5c3F)N(CC(F)F)C3CCOCC3O4)c12. The number of thiophene rings is 1. The van der Waals surface area contributed by atoms with Crippen molar-refractivity contribution in [2.24, 2.45) is 0 Å². The van der Waals surface area contributed by atoms with E-state index >= 15 is 4.39 Å². The van der Waals surface area contributed by atoms with Crippen molar-refractivity contribution < 1.29 is 36.2 Å². The van der Waals surface area contributed by atoms with E-state index in [-0.39, 0.29) is 98.1 Å². The summed E-state index contributed by atoms with van der Waals surface area (Å²) in [6, 6.07) is 3.45. The van der Waals surface area contributed by atoms with Crippen LogP contribution in [0.1, 0.15) is 31.2 Å². The molecule has 0 amide bonds. The lowest BCUT2D eigenvalue weighted by Gasteiger charge is -2.38. The van der Waals surface area contributed by atoms with Gasteiger partial charge in [-0.15, -0.1) is 11.3 Å². The molecule has 3 fully saturated rings. The summed E-state index contributed by atoms with van der Waals surface area (Å²) in [5.74, 6) is -1.77. The topological polar surface area (TPSA) is 110 Å². The third kappa shape index (κ3) is 4.82. The molecule has 4 aliphatic heterocycles. The third-order valence-corrected chi connectivity index (χ3v) is 11.3. The van der Waals surface area contributed by atoms with Gasteiger partial charge in [0.25, 0.3) is 6.43 Å². The van der Waals surface area contributed by atoms with Crippen molar-refractivity contribution in [1.29, 1.82) is 5.26 Å². The van der Waals surface area contributed by atoms with Gasteiger partial charge in [-0.25, -0.2) is 22.0 Å². The van der Waals surface area contributed by atoms with E-state index in [0.29, 0.717) is 19.4 Å². The molecule has 3 saturated heterocycles. The zero-order valence-electron chi connectivity index (χ0n) is 25.2. The summed E-state index contributed by atoms with van der Waals surface area (Å²) in [5.41, 5.74) is 4.90. The highest BCUT2D eigenvalue weighted by atomic mass is 35.5. The Kier molecular flexibility index (Phi) is 7.70. The van der Waals surface area contributed by atoms with Crippen LogP contribution in [0.15, 0.2) is 12.1 Å². The standard InChI is InChI=1S/C32H28ClF5N6O3S/c33-24-22(15-2-3-17(35)28-21(15)16(9-39)29(40)48-28)25(38)26-23-27(24)47-19-12-45-7-4-18(19)44(11-20(36)37)30(23)42-31(41-26)46-13-32-5-1-6-43(32)10-14(34)8-32/h2-3,14,18-20H,1,4-8,10-13,40H2/t14-,18?,19?,32+/m1/s1. The fourth-order valence-electron chi connectivity index (χ4n) is 7.86. The lowest BCUT2D eigenvalue weighted by molar-refractivity contribution is -0.00791. The van der Waals surface area contributed by atoms with Gasteiger partial charge in [-0.1, -0.05) is 17.7 Å². The number of nitrogens with zero attached hydrogens (tertiary/aromatic N) is 5. The maximum atomic E-state index is 17.1. The maximum Gasteiger partial charge on any atom is 0.319 e. The number of halogens is 6. The maximum absolute atomic E-state index is 17.1. The van der Waals surface area contributed by atoms with Gasteiger partial charge in [-0.3, -0.25) is 4.90 Å². The predicted octanol–water partition coefficient (Wildman–Crippen LogP) is 6.47. The summed E-state index contributed by atoms with van der Waals surface area (Å²) >= 11 is 7.83. The first-order valence-electron chi connectivity index (χ1n) is 15.5. The van der Waals surface area contributed by atoms with Gasteiger partial charge in [-0.2, -0.15) is 15.2 Å². The van der Waals surface area contributed by atoms with Crippen molar-refractivity contribution >= 4 is 54.7 Å². The number of rotatable bonds is 6. The second kappa shape index (κ2) is 11.7. The second-order valence-corrected chi connectivity index (χ2v) is 14.1. The first kappa shape index (κ1) is 31.6. The molecule has 9 nitrogen and oxygen atoms in total. The molecule has 4 aromatic rings. The fraction of sp³-hybridized carbons (Fsp3) is 0.469. The highest BCUT2D eigenvalue weighted by molar-refractivity contribution is 7.23. The molecule has 2 aromatic carbocycles. The molecule has 48 heavy (non-hydrogen) atoms. The molecule has 0 radical (unpaired) electrons. The van der Waals surface area contributed by atoms with Crippen molar-refractivity contribution in [2.75, 3.05) is 50.1 Å². The van der Waals surface area contributed by atoms with Gasteiger partial charge in [0.05, 0.1) is 45.4 Å². The average molecular weight is 707 g/mol. The van der Waals surface area contributed by atoms with E-state index in [9.17, 15) is 22.8 Å². The Morgan fingerprint density at radius 3 is 2.88 bits per heavy atom. The summed E-state index contributed by atoms with van der Waals surface area (Å²) in [6.45, 7) is 0.539. The molecule has 252 valence electrons. The Labute approximate surface area is 279 Å². The van der Waals surface area contributed by atoms with Gasteiger partial charge < -0.3 is 24.8 Å². The minimum absolute atomic E-state index is 0.0107. The Balaban J connectivity index is 1.37. The number of anilines is 2. The smallest absolute Gasteiger partial charge is 0.319 e. The number of ether oxygens (including phenoxy) is 3. The number of nitrogens with two attached hydrogens (primary N) is 1. The van der Waals surface area contributed by atoms with Gasteiger partial charge in [0.1, 0.15) is 47.1 Å². The van der Waals surface area contributed by atoms with Crippen molar-refractivity contribution in [3.63, 3.8) is 0 Å². The Morgan fingerprint density at radius 1 is 1.25 bits per heavy atom. The first-order chi connectivity index (χ1) is 23.1. The summed E-state index contributed by atoms with van der Waals surface area (Å²) in [4.78, 5) is 12.4. The van der Waals surface area contributed by atoms with Crippen LogP contribution < -0.4 is 20.1 Å². The molecule has 2 N–H and O–H groups in total. The predicted molar refractivity (Wildman–Crippen MR) is 170 cm³/mol. The molecule has 0 saturated carbocycles. The number of alkyl halides is 3. The van der Waals surface area contributed by atoms with Crippen LogP contribution in [0.4, 0.5) is 32.8 Å². The van der Waals surface area contributed by atoms with E-state index in [4.69, 9.17) is 31.5 Å². The summed E-state index contributed by atoms with van der Waals surface area (Å²) in [5, 5.41) is 9.73. The molecule has 4 atom stereocenters. The zero-order valence-corrected chi connectivity index (χ0v) is 26.8. The summed E-state index contributed by atoms with van der Waals surface area (Å²) in [7, 11) is 0. The van der Waals surface area contributed by atoms with Crippen LogP contribution in [0.2, 0.25) is 5.02 Å². The third-order valence-electron chi connectivity index (χ3n) is 9.92. The molecular weight excluding hydrogens is 679 g/mol. The minimum Gasteiger partial charge on any atom is -0.483 e. The van der Waals surface area contributed by atoms with Crippen LogP contribution in [-0.2, 0) is 4.74 Å². The lowest BCUT2D eigenvalue weighted by Crippen LogP contribution is -2.52. The van der Waals surface area contributed by atoms with Crippen molar-refractivity contribution in [3.8, 4) is 29.0 Å². The van der Waals surface area contributed by atoms with Crippen LogP contribution in [-0.4, -0.2) is 84.6 Å². The molecule has 2 aromatic heterocycles. The molecule has 6 heterocycles. The Morgan fingerprint density at radius 2 is 2.08 bits per heavy atom. The van der Waals surface area contributed by atoms with Gasteiger partial charge in [0, 0.05) is 30.5 Å². The molecule has 4 aliphatic rings. The molecule has 0 aliphatic carbocycles. The van der Waals surface area contributed by atoms with Crippen molar-refractivity contribution in [2.45, 2.75) is 56.0 Å². The number of aromatic nitrogens is 2. The first-order valence-corrected chi connectivity index (χ1v) is 16.7.